The molecule has 0 heterocycles. The fourth-order valence-corrected chi connectivity index (χ4v) is 10.6. The molecule has 0 amide bonds. The Labute approximate surface area is 457 Å². The molecule has 0 spiro atoms. The SMILES string of the molecule is CCCCCCCCCCCCCCCCCCCCCCCCCCCCCC(=O)OCC(COC(=O)CCCCCCCCCCCC)OC(=O)CCCCCCCCCCCCCCCCCCCC. The monoisotopic (exact) mass is 1030 g/mol. The topological polar surface area (TPSA) is 78.9 Å². The van der Waals surface area contributed by atoms with Gasteiger partial charge in [-0.1, -0.05) is 355 Å². The first-order valence-corrected chi connectivity index (χ1v) is 33.5. The highest BCUT2D eigenvalue weighted by molar-refractivity contribution is 5.71. The normalized spacial score (nSPS) is 11.9. The Hall–Kier alpha value is -1.59. The maximum absolute atomic E-state index is 12.9. The number of rotatable bonds is 63. The van der Waals surface area contributed by atoms with Gasteiger partial charge in [0.15, 0.2) is 6.10 Å². The molecule has 6 nitrogen and oxygen atoms in total. The van der Waals surface area contributed by atoms with Crippen molar-refractivity contribution in [1.82, 2.24) is 0 Å². The van der Waals surface area contributed by atoms with Crippen molar-refractivity contribution >= 4 is 17.9 Å². The van der Waals surface area contributed by atoms with Gasteiger partial charge in [-0.25, -0.2) is 0 Å². The molecule has 0 aliphatic heterocycles. The first-order valence-electron chi connectivity index (χ1n) is 33.5. The summed E-state index contributed by atoms with van der Waals surface area (Å²) < 4.78 is 16.9. The van der Waals surface area contributed by atoms with E-state index in [0.29, 0.717) is 19.3 Å². The van der Waals surface area contributed by atoms with Crippen molar-refractivity contribution in [3.8, 4) is 0 Å². The molecule has 1 atom stereocenters. The van der Waals surface area contributed by atoms with Crippen LogP contribution in [0, 0.1) is 0 Å². The van der Waals surface area contributed by atoms with Gasteiger partial charge in [-0.05, 0) is 19.3 Å². The third-order valence-electron chi connectivity index (χ3n) is 15.6. The molecule has 0 aliphatic carbocycles. The molecule has 0 saturated heterocycles. The summed E-state index contributed by atoms with van der Waals surface area (Å²) in [4.78, 5) is 38.2. The minimum atomic E-state index is -0.762. The van der Waals surface area contributed by atoms with E-state index in [1.165, 1.54) is 295 Å². The Morgan fingerprint density at radius 3 is 0.548 bits per heavy atom. The molecule has 6 heteroatoms. The lowest BCUT2D eigenvalue weighted by Gasteiger charge is -2.18. The minimum Gasteiger partial charge on any atom is -0.462 e. The highest BCUT2D eigenvalue weighted by Crippen LogP contribution is 2.19. The molecule has 0 rings (SSSR count). The van der Waals surface area contributed by atoms with E-state index in [-0.39, 0.29) is 31.1 Å². The van der Waals surface area contributed by atoms with Gasteiger partial charge < -0.3 is 14.2 Å². The molecule has 0 fully saturated rings. The summed E-state index contributed by atoms with van der Waals surface area (Å²) in [6, 6.07) is 0. The lowest BCUT2D eigenvalue weighted by Crippen LogP contribution is -2.30. The summed E-state index contributed by atoms with van der Waals surface area (Å²) in [5.41, 5.74) is 0. The molecule has 0 aromatic rings. The van der Waals surface area contributed by atoms with E-state index in [9.17, 15) is 14.4 Å². The number of carbonyl (C=O) groups excluding carboxylic acids is 3. The van der Waals surface area contributed by atoms with Crippen molar-refractivity contribution in [2.24, 2.45) is 0 Å². The molecule has 0 radical (unpaired) electrons. The molecule has 0 N–H and O–H groups in total. The third-order valence-corrected chi connectivity index (χ3v) is 15.6. The Morgan fingerprint density at radius 2 is 0.370 bits per heavy atom. The van der Waals surface area contributed by atoms with Crippen LogP contribution in [0.25, 0.3) is 0 Å². The van der Waals surface area contributed by atoms with E-state index in [1.54, 1.807) is 0 Å². The Kier molecular flexibility index (Phi) is 61.6. The van der Waals surface area contributed by atoms with Gasteiger partial charge in [-0.2, -0.15) is 0 Å². The summed E-state index contributed by atoms with van der Waals surface area (Å²) in [7, 11) is 0. The highest BCUT2D eigenvalue weighted by atomic mass is 16.6. The molecule has 434 valence electrons. The van der Waals surface area contributed by atoms with Gasteiger partial charge in [0.25, 0.3) is 0 Å². The van der Waals surface area contributed by atoms with E-state index in [0.717, 1.165) is 57.8 Å². The van der Waals surface area contributed by atoms with Gasteiger partial charge in [0.05, 0.1) is 0 Å². The zero-order valence-corrected chi connectivity index (χ0v) is 50.0. The van der Waals surface area contributed by atoms with Gasteiger partial charge in [0.1, 0.15) is 13.2 Å². The number of ether oxygens (including phenoxy) is 3. The highest BCUT2D eigenvalue weighted by Gasteiger charge is 2.19. The van der Waals surface area contributed by atoms with Crippen molar-refractivity contribution in [1.29, 1.82) is 0 Å². The van der Waals surface area contributed by atoms with Crippen molar-refractivity contribution < 1.29 is 28.6 Å². The van der Waals surface area contributed by atoms with Crippen LogP contribution in [-0.2, 0) is 28.6 Å². The van der Waals surface area contributed by atoms with Gasteiger partial charge in [-0.3, -0.25) is 14.4 Å². The van der Waals surface area contributed by atoms with E-state index in [2.05, 4.69) is 20.8 Å². The van der Waals surface area contributed by atoms with Crippen molar-refractivity contribution in [3.63, 3.8) is 0 Å². The number of hydrogen-bond acceptors (Lipinski definition) is 6. The molecule has 0 aromatic heterocycles. The third kappa shape index (κ3) is 61.1. The number of esters is 3. The maximum atomic E-state index is 12.9. The predicted molar refractivity (Wildman–Crippen MR) is 317 cm³/mol. The average molecular weight is 1030 g/mol. The van der Waals surface area contributed by atoms with Gasteiger partial charge in [-0.15, -0.1) is 0 Å². The van der Waals surface area contributed by atoms with E-state index >= 15 is 0 Å². The summed E-state index contributed by atoms with van der Waals surface area (Å²) in [5.74, 6) is -0.828. The largest absolute Gasteiger partial charge is 0.462 e. The molecular weight excluding hydrogens is 901 g/mol. The fourth-order valence-electron chi connectivity index (χ4n) is 10.6. The van der Waals surface area contributed by atoms with Crippen LogP contribution < -0.4 is 0 Å². The molecule has 0 aliphatic rings. The lowest BCUT2D eigenvalue weighted by atomic mass is 10.0. The Bertz CT molecular complexity index is 1090. The van der Waals surface area contributed by atoms with Gasteiger partial charge >= 0.3 is 17.9 Å². The van der Waals surface area contributed by atoms with Crippen LogP contribution in [-0.4, -0.2) is 37.2 Å². The molecule has 0 bridgehead atoms. The van der Waals surface area contributed by atoms with Crippen LogP contribution in [0.3, 0.4) is 0 Å². The zero-order chi connectivity index (χ0) is 52.9. The van der Waals surface area contributed by atoms with Crippen LogP contribution in [0.15, 0.2) is 0 Å². The first kappa shape index (κ1) is 71.4. The number of carbonyl (C=O) groups is 3. The van der Waals surface area contributed by atoms with Gasteiger partial charge in [0, 0.05) is 19.3 Å². The molecule has 0 aromatic carbocycles. The second-order valence-corrected chi connectivity index (χ2v) is 23.1. The van der Waals surface area contributed by atoms with Crippen molar-refractivity contribution in [3.05, 3.63) is 0 Å². The minimum absolute atomic E-state index is 0.0608. The zero-order valence-electron chi connectivity index (χ0n) is 50.0. The molecule has 1 unspecified atom stereocenters. The van der Waals surface area contributed by atoms with Crippen LogP contribution in [0.4, 0.5) is 0 Å². The summed E-state index contributed by atoms with van der Waals surface area (Å²) in [5, 5.41) is 0. The first-order chi connectivity index (χ1) is 36.0. The maximum Gasteiger partial charge on any atom is 0.306 e. The predicted octanol–water partition coefficient (Wildman–Crippen LogP) is 22.7. The van der Waals surface area contributed by atoms with Crippen LogP contribution in [0.5, 0.6) is 0 Å². The Morgan fingerprint density at radius 1 is 0.219 bits per heavy atom. The lowest BCUT2D eigenvalue weighted by molar-refractivity contribution is -0.167. The van der Waals surface area contributed by atoms with E-state index in [4.69, 9.17) is 14.2 Å². The second-order valence-electron chi connectivity index (χ2n) is 23.1. The van der Waals surface area contributed by atoms with Crippen LogP contribution >= 0.6 is 0 Å². The van der Waals surface area contributed by atoms with E-state index in [1.807, 2.05) is 0 Å². The standard InChI is InChI=1S/C67H130O6/c1-4-7-10-13-16-19-22-24-26-28-30-31-32-33-34-35-36-37-38-40-41-43-45-48-51-54-57-60-66(69)72-63-64(62-71-65(68)59-56-53-50-47-21-18-15-12-9-6-3)73-67(70)61-58-55-52-49-46-44-42-39-29-27-25-23-20-17-14-11-8-5-2/h64H,4-63H2,1-3H3. The average Bonchev–Trinajstić information content (AvgIpc) is 3.39. The quantitative estimate of drug-likeness (QED) is 0.0343. The van der Waals surface area contributed by atoms with Crippen LogP contribution in [0.1, 0.15) is 393 Å². The van der Waals surface area contributed by atoms with Crippen molar-refractivity contribution in [2.45, 2.75) is 399 Å². The number of unbranched alkanes of at least 4 members (excludes halogenated alkanes) is 52. The number of hydrogen-bond donors (Lipinski definition) is 0. The summed E-state index contributed by atoms with van der Waals surface area (Å²) in [6.45, 7) is 6.72. The second kappa shape index (κ2) is 62.9. The van der Waals surface area contributed by atoms with Gasteiger partial charge in [0.2, 0.25) is 0 Å². The van der Waals surface area contributed by atoms with E-state index < -0.39 is 6.10 Å². The smallest absolute Gasteiger partial charge is 0.306 e. The molecular formula is C67H130O6. The summed E-state index contributed by atoms with van der Waals surface area (Å²) in [6.07, 6.45) is 72.8. The fraction of sp³-hybridized carbons (Fsp3) is 0.955. The van der Waals surface area contributed by atoms with Crippen molar-refractivity contribution in [2.75, 3.05) is 13.2 Å². The molecule has 73 heavy (non-hydrogen) atoms. The van der Waals surface area contributed by atoms with Crippen LogP contribution in [0.2, 0.25) is 0 Å². The summed E-state index contributed by atoms with van der Waals surface area (Å²) >= 11 is 0. The Balaban J connectivity index is 4.10. The molecule has 0 saturated carbocycles.